The van der Waals surface area contributed by atoms with Gasteiger partial charge in [-0.3, -0.25) is 0 Å². The highest BCUT2D eigenvalue weighted by Gasteiger charge is 2.06. The Morgan fingerprint density at radius 3 is 2.63 bits per heavy atom. The number of hydrogen-bond acceptors (Lipinski definition) is 4. The number of hydrogen-bond donors (Lipinski definition) is 1. The van der Waals surface area contributed by atoms with Crippen molar-refractivity contribution in [1.82, 2.24) is 25.1 Å². The minimum absolute atomic E-state index is 0.642. The molecule has 2 rings (SSSR count). The monoisotopic (exact) mass is 259 g/mol. The Morgan fingerprint density at radius 1 is 1.21 bits per heavy atom. The predicted octanol–water partition coefficient (Wildman–Crippen LogP) is 2.02. The van der Waals surface area contributed by atoms with E-state index in [1.54, 1.807) is 4.68 Å². The van der Waals surface area contributed by atoms with E-state index in [1.807, 2.05) is 32.0 Å². The molecule has 19 heavy (non-hydrogen) atoms. The largest absolute Gasteiger partial charge is 0.311 e. The van der Waals surface area contributed by atoms with Crippen LogP contribution in [0.3, 0.4) is 0 Å². The summed E-state index contributed by atoms with van der Waals surface area (Å²) in [5, 5.41) is 7.74. The van der Waals surface area contributed by atoms with Gasteiger partial charge in [-0.15, -0.1) is 5.10 Å². The molecule has 1 N–H and O–H groups in total. The van der Waals surface area contributed by atoms with E-state index >= 15 is 0 Å². The lowest BCUT2D eigenvalue weighted by Gasteiger charge is -2.08. The van der Waals surface area contributed by atoms with E-state index in [0.717, 1.165) is 36.3 Å². The van der Waals surface area contributed by atoms with E-state index in [9.17, 15) is 0 Å². The second kappa shape index (κ2) is 5.93. The molecule has 0 aliphatic rings. The van der Waals surface area contributed by atoms with E-state index in [-0.39, 0.29) is 0 Å². The first kappa shape index (κ1) is 13.7. The average molecular weight is 259 g/mol. The van der Waals surface area contributed by atoms with Crippen LogP contribution in [0.25, 0.3) is 5.82 Å². The maximum Gasteiger partial charge on any atom is 0.155 e. The van der Waals surface area contributed by atoms with Crippen LogP contribution in [0.5, 0.6) is 0 Å². The fourth-order valence-electron chi connectivity index (χ4n) is 1.91. The summed E-state index contributed by atoms with van der Waals surface area (Å²) < 4.78 is 1.78. The van der Waals surface area contributed by atoms with Crippen molar-refractivity contribution in [2.45, 2.75) is 34.2 Å². The predicted molar refractivity (Wildman–Crippen MR) is 75.2 cm³/mol. The van der Waals surface area contributed by atoms with Gasteiger partial charge in [-0.2, -0.15) is 4.68 Å². The van der Waals surface area contributed by atoms with Gasteiger partial charge >= 0.3 is 0 Å². The summed E-state index contributed by atoms with van der Waals surface area (Å²) in [7, 11) is 0. The van der Waals surface area contributed by atoms with Gasteiger partial charge in [-0.25, -0.2) is 9.97 Å². The van der Waals surface area contributed by atoms with Gasteiger partial charge in [-0.1, -0.05) is 19.9 Å². The van der Waals surface area contributed by atoms with Crippen LogP contribution in [-0.2, 0) is 6.54 Å². The second-order valence-corrected chi connectivity index (χ2v) is 5.13. The van der Waals surface area contributed by atoms with Crippen molar-refractivity contribution in [3.05, 3.63) is 35.5 Å². The van der Waals surface area contributed by atoms with E-state index in [0.29, 0.717) is 5.92 Å². The molecule has 0 saturated heterocycles. The highest BCUT2D eigenvalue weighted by atomic mass is 15.4. The number of rotatable bonds is 5. The maximum absolute atomic E-state index is 4.61. The molecule has 5 heteroatoms. The van der Waals surface area contributed by atoms with Crippen LogP contribution in [0.4, 0.5) is 0 Å². The minimum Gasteiger partial charge on any atom is -0.311 e. The molecule has 0 radical (unpaired) electrons. The molecular weight excluding hydrogens is 238 g/mol. The molecule has 0 aromatic carbocycles. The quantitative estimate of drug-likeness (QED) is 0.892. The van der Waals surface area contributed by atoms with Gasteiger partial charge in [-0.05, 0) is 38.4 Å². The number of aryl methyl sites for hydroxylation is 2. The molecule has 2 aromatic rings. The van der Waals surface area contributed by atoms with Crippen LogP contribution in [0.1, 0.15) is 31.2 Å². The topological polar surface area (TPSA) is 55.6 Å². The summed E-state index contributed by atoms with van der Waals surface area (Å²) >= 11 is 0. The van der Waals surface area contributed by atoms with Crippen molar-refractivity contribution >= 4 is 0 Å². The van der Waals surface area contributed by atoms with E-state index in [2.05, 4.69) is 34.2 Å². The molecule has 0 unspecified atom stereocenters. The Balaban J connectivity index is 2.13. The molecule has 5 nitrogen and oxygen atoms in total. The van der Waals surface area contributed by atoms with Crippen molar-refractivity contribution < 1.29 is 0 Å². The third-order valence-electron chi connectivity index (χ3n) is 2.74. The van der Waals surface area contributed by atoms with Gasteiger partial charge < -0.3 is 5.32 Å². The van der Waals surface area contributed by atoms with Crippen LogP contribution in [0.15, 0.2) is 18.2 Å². The van der Waals surface area contributed by atoms with Crippen LogP contribution < -0.4 is 5.32 Å². The molecule has 0 spiro atoms. The summed E-state index contributed by atoms with van der Waals surface area (Å²) in [6.07, 6.45) is 0. The summed E-state index contributed by atoms with van der Waals surface area (Å²) in [5.74, 6) is 3.09. The third-order valence-corrected chi connectivity index (χ3v) is 2.74. The first-order valence-corrected chi connectivity index (χ1v) is 6.63. The van der Waals surface area contributed by atoms with Gasteiger partial charge in [0.05, 0.1) is 5.69 Å². The Labute approximate surface area is 114 Å². The third kappa shape index (κ3) is 3.61. The van der Waals surface area contributed by atoms with Gasteiger partial charge in [0, 0.05) is 6.54 Å². The van der Waals surface area contributed by atoms with E-state index in [1.165, 1.54) is 0 Å². The molecule has 0 aliphatic heterocycles. The van der Waals surface area contributed by atoms with E-state index < -0.39 is 0 Å². The molecule has 0 saturated carbocycles. The van der Waals surface area contributed by atoms with Gasteiger partial charge in [0.2, 0.25) is 0 Å². The zero-order chi connectivity index (χ0) is 13.8. The second-order valence-electron chi connectivity index (χ2n) is 5.13. The van der Waals surface area contributed by atoms with Crippen LogP contribution in [0, 0.1) is 19.8 Å². The first-order chi connectivity index (χ1) is 9.06. The van der Waals surface area contributed by atoms with E-state index in [4.69, 9.17) is 0 Å². The highest BCUT2D eigenvalue weighted by Crippen LogP contribution is 2.07. The number of nitrogens with zero attached hydrogens (tertiary/aromatic N) is 4. The Morgan fingerprint density at radius 2 is 2.00 bits per heavy atom. The lowest BCUT2D eigenvalue weighted by Crippen LogP contribution is -2.20. The molecule has 102 valence electrons. The highest BCUT2D eigenvalue weighted by molar-refractivity contribution is 5.24. The standard InChI is InChI=1S/C14H21N5/c1-10(2)8-15-9-13-6-5-7-14(17-13)19-12(4)16-11(3)18-19/h5-7,10,15H,8-9H2,1-4H3. The Hall–Kier alpha value is -1.75. The van der Waals surface area contributed by atoms with Crippen molar-refractivity contribution in [3.8, 4) is 5.82 Å². The van der Waals surface area contributed by atoms with Crippen molar-refractivity contribution in [2.75, 3.05) is 6.54 Å². The lowest BCUT2D eigenvalue weighted by atomic mass is 10.2. The minimum atomic E-state index is 0.642. The van der Waals surface area contributed by atoms with Crippen LogP contribution >= 0.6 is 0 Å². The molecule has 2 heterocycles. The average Bonchev–Trinajstić information content (AvgIpc) is 2.68. The fourth-order valence-corrected chi connectivity index (χ4v) is 1.91. The van der Waals surface area contributed by atoms with Crippen molar-refractivity contribution in [3.63, 3.8) is 0 Å². The van der Waals surface area contributed by atoms with Crippen molar-refractivity contribution in [2.24, 2.45) is 5.92 Å². The summed E-state index contributed by atoms with van der Waals surface area (Å²) in [5.41, 5.74) is 1.02. The van der Waals surface area contributed by atoms with Crippen LogP contribution in [-0.4, -0.2) is 26.3 Å². The molecule has 0 atom stereocenters. The maximum atomic E-state index is 4.61. The molecular formula is C14H21N5. The molecule has 0 bridgehead atoms. The summed E-state index contributed by atoms with van der Waals surface area (Å²) in [6, 6.07) is 5.98. The normalized spacial score (nSPS) is 11.2. The zero-order valence-electron chi connectivity index (χ0n) is 12.0. The summed E-state index contributed by atoms with van der Waals surface area (Å²) in [4.78, 5) is 8.91. The SMILES string of the molecule is Cc1nc(C)n(-c2cccc(CNCC(C)C)n2)n1. The number of nitrogens with one attached hydrogen (secondary N) is 1. The molecule has 0 fully saturated rings. The van der Waals surface area contributed by atoms with Crippen molar-refractivity contribution in [1.29, 1.82) is 0 Å². The summed E-state index contributed by atoms with van der Waals surface area (Å²) in [6.45, 7) is 9.98. The number of pyridine rings is 1. The smallest absolute Gasteiger partial charge is 0.155 e. The Bertz CT molecular complexity index is 545. The number of aromatic nitrogens is 4. The van der Waals surface area contributed by atoms with Gasteiger partial charge in [0.15, 0.2) is 5.82 Å². The first-order valence-electron chi connectivity index (χ1n) is 6.63. The van der Waals surface area contributed by atoms with Gasteiger partial charge in [0.25, 0.3) is 0 Å². The molecule has 0 amide bonds. The lowest BCUT2D eigenvalue weighted by molar-refractivity contribution is 0.547. The fraction of sp³-hybridized carbons (Fsp3) is 0.500. The molecule has 2 aromatic heterocycles. The van der Waals surface area contributed by atoms with Crippen LogP contribution in [0.2, 0.25) is 0 Å². The molecule has 0 aliphatic carbocycles. The van der Waals surface area contributed by atoms with Gasteiger partial charge in [0.1, 0.15) is 11.6 Å². The Kier molecular flexibility index (Phi) is 4.27. The zero-order valence-corrected chi connectivity index (χ0v) is 12.0.